The van der Waals surface area contributed by atoms with Crippen LogP contribution in [0.3, 0.4) is 0 Å². The Balaban J connectivity index is 1.08. The molecule has 2 aliphatic heterocycles. The molecule has 0 bridgehead atoms. The van der Waals surface area contributed by atoms with Crippen LogP contribution in [0.1, 0.15) is 38.0 Å². The lowest BCUT2D eigenvalue weighted by Gasteiger charge is -2.71. The summed E-state index contributed by atoms with van der Waals surface area (Å²) >= 11 is 1.51. The molecule has 234 valence electrons. The molecule has 2 aromatic carbocycles. The van der Waals surface area contributed by atoms with E-state index in [-0.39, 0.29) is 24.8 Å². The van der Waals surface area contributed by atoms with Crippen molar-refractivity contribution in [2.45, 2.75) is 77.5 Å². The van der Waals surface area contributed by atoms with E-state index >= 15 is 8.78 Å². The highest BCUT2D eigenvalue weighted by molar-refractivity contribution is 7.99. The van der Waals surface area contributed by atoms with Gasteiger partial charge in [-0.1, -0.05) is 36.9 Å². The van der Waals surface area contributed by atoms with Crippen LogP contribution in [0.15, 0.2) is 82.1 Å². The van der Waals surface area contributed by atoms with Gasteiger partial charge in [0.2, 0.25) is 6.41 Å². The Morgan fingerprint density at radius 3 is 2.67 bits per heavy atom. The summed E-state index contributed by atoms with van der Waals surface area (Å²) < 4.78 is 52.3. The summed E-state index contributed by atoms with van der Waals surface area (Å²) in [5, 5.41) is 12.8. The molecule has 7 unspecified atom stereocenters. The summed E-state index contributed by atoms with van der Waals surface area (Å²) in [5.74, 6) is -2.24. The number of hydrogen-bond donors (Lipinski definition) is 2. The van der Waals surface area contributed by atoms with Crippen molar-refractivity contribution in [3.8, 4) is 0 Å². The van der Waals surface area contributed by atoms with Crippen molar-refractivity contribution >= 4 is 35.4 Å². The van der Waals surface area contributed by atoms with Gasteiger partial charge in [-0.15, -0.1) is 0 Å². The average Bonchev–Trinajstić information content (AvgIpc) is 3.53. The lowest BCUT2D eigenvalue weighted by Crippen LogP contribution is -2.82. The van der Waals surface area contributed by atoms with Gasteiger partial charge in [-0.2, -0.15) is 0 Å². The topological polar surface area (TPSA) is 111 Å². The van der Waals surface area contributed by atoms with Crippen LogP contribution in [-0.4, -0.2) is 64.9 Å². The van der Waals surface area contributed by atoms with Gasteiger partial charge in [0.1, 0.15) is 18.4 Å². The van der Waals surface area contributed by atoms with Crippen LogP contribution in [0.5, 0.6) is 0 Å². The summed E-state index contributed by atoms with van der Waals surface area (Å²) in [6.45, 7) is 1.07. The first-order chi connectivity index (χ1) is 21.6. The number of benzene rings is 2. The number of fused-ring (bicyclic) bond motifs is 4. The van der Waals surface area contributed by atoms with Gasteiger partial charge >= 0.3 is 0 Å². The minimum atomic E-state index is -1.94. The van der Waals surface area contributed by atoms with Crippen molar-refractivity contribution in [2.75, 3.05) is 11.9 Å². The average molecular weight is 636 g/mol. The molecule has 8 rings (SSSR count). The number of ketones is 2. The molecule has 2 aromatic rings. The fourth-order valence-corrected chi connectivity index (χ4v) is 10.2. The van der Waals surface area contributed by atoms with Gasteiger partial charge in [0, 0.05) is 37.9 Å². The zero-order chi connectivity index (χ0) is 31.4. The number of allylic oxidation sites excluding steroid dienone is 2. The molecule has 0 aromatic heterocycles. The number of anilines is 1. The number of carbonyl (C=O) groups is 3. The lowest BCUT2D eigenvalue weighted by molar-refractivity contribution is -0.360. The number of rotatable bonds is 7. The van der Waals surface area contributed by atoms with Gasteiger partial charge in [0.05, 0.1) is 12.2 Å². The Labute approximate surface area is 262 Å². The SMILES string of the molecule is CC12CC3OC45C=CC(=O)C=C4[C@@H](F)CC(C1CC1O[C@@H](c4ccc(Sc6cccc(NC=O)c6)cc4)OC12C(=O)CO)[C@]35F. The number of halogens is 2. The number of ether oxygens (including phenoxy) is 3. The van der Waals surface area contributed by atoms with Crippen LogP contribution in [-0.2, 0) is 28.6 Å². The maximum absolute atomic E-state index is 17.3. The first-order valence-electron chi connectivity index (χ1n) is 15.1. The van der Waals surface area contributed by atoms with Crippen molar-refractivity contribution in [1.82, 2.24) is 0 Å². The lowest BCUT2D eigenvalue weighted by atomic mass is 9.44. The molecule has 2 N–H and O–H groups in total. The summed E-state index contributed by atoms with van der Waals surface area (Å²) in [5.41, 5.74) is -4.76. The fourth-order valence-electron chi connectivity index (χ4n) is 9.33. The van der Waals surface area contributed by atoms with Crippen LogP contribution in [0.25, 0.3) is 0 Å². The van der Waals surface area contributed by atoms with Crippen molar-refractivity contribution in [1.29, 1.82) is 0 Å². The summed E-state index contributed by atoms with van der Waals surface area (Å²) in [4.78, 5) is 38.5. The second-order valence-corrected chi connectivity index (χ2v) is 14.2. The minimum Gasteiger partial charge on any atom is -0.388 e. The summed E-state index contributed by atoms with van der Waals surface area (Å²) in [7, 11) is 0. The van der Waals surface area contributed by atoms with E-state index < -0.39 is 77.0 Å². The first kappa shape index (κ1) is 29.2. The third-order valence-electron chi connectivity index (χ3n) is 11.2. The molecule has 5 fully saturated rings. The molecule has 2 saturated heterocycles. The van der Waals surface area contributed by atoms with Crippen LogP contribution in [0.4, 0.5) is 14.5 Å². The highest BCUT2D eigenvalue weighted by Gasteiger charge is 2.85. The number of nitrogens with one attached hydrogen (secondary N) is 1. The van der Waals surface area contributed by atoms with Crippen molar-refractivity contribution in [3.05, 3.63) is 77.9 Å². The third kappa shape index (κ3) is 3.70. The third-order valence-corrected chi connectivity index (χ3v) is 12.2. The summed E-state index contributed by atoms with van der Waals surface area (Å²) in [6, 6.07) is 15.0. The van der Waals surface area contributed by atoms with Crippen LogP contribution in [0.2, 0.25) is 0 Å². The molecule has 10 atom stereocenters. The number of alkyl halides is 2. The highest BCUT2D eigenvalue weighted by Crippen LogP contribution is 2.75. The van der Waals surface area contributed by atoms with E-state index in [2.05, 4.69) is 5.32 Å². The largest absolute Gasteiger partial charge is 0.388 e. The Kier molecular flexibility index (Phi) is 6.42. The Bertz CT molecular complexity index is 1680. The van der Waals surface area contributed by atoms with E-state index in [0.29, 0.717) is 17.7 Å². The normalized spacial score (nSPS) is 42.0. The molecule has 2 heterocycles. The van der Waals surface area contributed by atoms with Gasteiger partial charge < -0.3 is 24.6 Å². The van der Waals surface area contributed by atoms with Crippen molar-refractivity contribution < 1.29 is 42.5 Å². The van der Waals surface area contributed by atoms with Crippen molar-refractivity contribution in [2.24, 2.45) is 17.3 Å². The van der Waals surface area contributed by atoms with E-state index in [1.54, 1.807) is 6.07 Å². The quantitative estimate of drug-likeness (QED) is 0.417. The van der Waals surface area contributed by atoms with E-state index in [9.17, 15) is 19.5 Å². The molecule has 1 spiro atoms. The van der Waals surface area contributed by atoms with Crippen LogP contribution in [0, 0.1) is 17.3 Å². The first-order valence-corrected chi connectivity index (χ1v) is 15.9. The Morgan fingerprint density at radius 2 is 1.91 bits per heavy atom. The van der Waals surface area contributed by atoms with Gasteiger partial charge in [-0.25, -0.2) is 8.78 Å². The van der Waals surface area contributed by atoms with E-state index in [0.717, 1.165) is 15.9 Å². The standard InChI is InChI=1S/C34H31F2NO7S/c1-31-15-29-33(36)24(13-26(35)25-12-20(40)9-10-32(25,33)43-29)23(31)14-28-34(31,27(41)16-38)44-30(42-28)18-5-7-21(8-6-18)45-22-4-2-3-19(11-22)37-17-39/h2-12,17,23-24,26,28-30,38H,13-16H2,1H3,(H,37,39)/t23?,24?,26-,28?,29?,30+,31?,32?,33-,34?/m0/s1. The van der Waals surface area contributed by atoms with Crippen LogP contribution >= 0.6 is 11.8 Å². The molecule has 8 nitrogen and oxygen atoms in total. The fraction of sp³-hybridized carbons (Fsp3) is 0.441. The molecule has 1 amide bonds. The zero-order valence-corrected chi connectivity index (χ0v) is 25.1. The molecular formula is C34H31F2NO7S. The molecule has 11 heteroatoms. The predicted molar refractivity (Wildman–Crippen MR) is 158 cm³/mol. The number of amides is 1. The monoisotopic (exact) mass is 635 g/mol. The Morgan fingerprint density at radius 1 is 1.11 bits per heavy atom. The molecular weight excluding hydrogens is 604 g/mol. The highest BCUT2D eigenvalue weighted by atomic mass is 32.2. The van der Waals surface area contributed by atoms with Crippen molar-refractivity contribution in [3.63, 3.8) is 0 Å². The zero-order valence-electron chi connectivity index (χ0n) is 24.3. The van der Waals surface area contributed by atoms with Gasteiger partial charge in [0.15, 0.2) is 29.1 Å². The van der Waals surface area contributed by atoms with Gasteiger partial charge in [-0.05, 0) is 73.7 Å². The number of aliphatic hydroxyl groups is 1. The number of hydrogen-bond acceptors (Lipinski definition) is 8. The number of aliphatic hydroxyl groups excluding tert-OH is 1. The molecule has 45 heavy (non-hydrogen) atoms. The van der Waals surface area contributed by atoms with Gasteiger partial charge in [0.25, 0.3) is 0 Å². The predicted octanol–water partition coefficient (Wildman–Crippen LogP) is 4.82. The molecule has 4 aliphatic carbocycles. The smallest absolute Gasteiger partial charge is 0.211 e. The molecule has 6 aliphatic rings. The van der Waals surface area contributed by atoms with E-state index in [1.165, 1.54) is 23.9 Å². The molecule has 0 radical (unpaired) electrons. The van der Waals surface area contributed by atoms with E-state index in [4.69, 9.17) is 14.2 Å². The second-order valence-electron chi connectivity index (χ2n) is 13.1. The maximum atomic E-state index is 17.3. The minimum absolute atomic E-state index is 0.0347. The molecule has 3 saturated carbocycles. The van der Waals surface area contributed by atoms with E-state index in [1.807, 2.05) is 49.4 Å². The Hall–Kier alpha value is -3.22. The summed E-state index contributed by atoms with van der Waals surface area (Å²) in [6.07, 6.45) is 0.423. The van der Waals surface area contributed by atoms with Gasteiger partial charge in [-0.3, -0.25) is 14.4 Å². The maximum Gasteiger partial charge on any atom is 0.211 e. The second kappa shape index (κ2) is 9.89. The number of carbonyl (C=O) groups excluding carboxylic acids is 3. The van der Waals surface area contributed by atoms with Crippen LogP contribution < -0.4 is 5.32 Å². The number of Topliss-reactive ketones (excluding diaryl/α,β-unsaturated/α-hetero) is 1.